The number of ether oxygens (including phenoxy) is 4. The van der Waals surface area contributed by atoms with Crippen molar-refractivity contribution in [3.05, 3.63) is 92.1 Å². The van der Waals surface area contributed by atoms with E-state index in [9.17, 15) is 39.3 Å². The van der Waals surface area contributed by atoms with Crippen molar-refractivity contribution in [2.75, 3.05) is 73.0 Å². The number of phenolic OH excluding ortho intramolecular Hbond substituents is 2. The predicted octanol–water partition coefficient (Wildman–Crippen LogP) is 9.78. The number of hydrogen-bond acceptors (Lipinski definition) is 13. The highest BCUT2D eigenvalue weighted by molar-refractivity contribution is 6.02. The van der Waals surface area contributed by atoms with Crippen LogP contribution in [0, 0.1) is 0 Å². The van der Waals surface area contributed by atoms with Gasteiger partial charge in [0.2, 0.25) is 0 Å². The average molecular weight is 1120 g/mol. The first-order chi connectivity index (χ1) is 38.4. The second kappa shape index (κ2) is 25.7. The molecule has 6 aliphatic rings. The number of piperazine rings is 2. The molecule has 5 atom stereocenters. The van der Waals surface area contributed by atoms with Crippen LogP contribution in [0.3, 0.4) is 0 Å². The molecule has 0 aliphatic carbocycles. The molecule has 18 nitrogen and oxygen atoms in total. The van der Waals surface area contributed by atoms with Gasteiger partial charge in [0.15, 0.2) is 0 Å². The van der Waals surface area contributed by atoms with Gasteiger partial charge in [0.05, 0.1) is 24.2 Å². The number of allylic oxidation sites excluding steroid dienone is 8. The summed E-state index contributed by atoms with van der Waals surface area (Å²) in [6.07, 6.45) is 12.8. The molecule has 0 saturated carbocycles. The number of carboxylic acids is 1. The Hall–Kier alpha value is -6.53. The molecule has 8 rings (SSSR count). The van der Waals surface area contributed by atoms with Crippen molar-refractivity contribution in [1.82, 2.24) is 29.4 Å². The third-order valence-corrected chi connectivity index (χ3v) is 17.5. The topological polar surface area (TPSA) is 202 Å². The Morgan fingerprint density at radius 3 is 1.49 bits per heavy atom. The van der Waals surface area contributed by atoms with Gasteiger partial charge in [0.25, 0.3) is 11.8 Å². The summed E-state index contributed by atoms with van der Waals surface area (Å²) >= 11 is 0. The first-order valence-electron chi connectivity index (χ1n) is 29.3. The minimum absolute atomic E-state index is 0.00506. The van der Waals surface area contributed by atoms with Gasteiger partial charge in [-0.3, -0.25) is 9.59 Å². The zero-order valence-corrected chi connectivity index (χ0v) is 49.7. The van der Waals surface area contributed by atoms with Crippen molar-refractivity contribution in [2.45, 2.75) is 175 Å². The molecule has 3 N–H and O–H groups in total. The molecule has 6 heterocycles. The molecule has 0 aromatic heterocycles. The quantitative estimate of drug-likeness (QED) is 0.106. The van der Waals surface area contributed by atoms with Crippen LogP contribution in [0.25, 0.3) is 0 Å². The van der Waals surface area contributed by atoms with Crippen LogP contribution < -0.4 is 9.47 Å². The highest BCUT2D eigenvalue weighted by Gasteiger charge is 2.50. The Labute approximate surface area is 479 Å². The van der Waals surface area contributed by atoms with E-state index in [1.165, 1.54) is 39.3 Å². The van der Waals surface area contributed by atoms with Crippen molar-refractivity contribution in [2.24, 2.45) is 0 Å². The lowest BCUT2D eigenvalue weighted by Gasteiger charge is -2.43. The minimum Gasteiger partial charge on any atom is -0.508 e. The Morgan fingerprint density at radius 1 is 0.630 bits per heavy atom. The number of carboxylic acid groups (broad SMARTS) is 1. The number of aliphatic carboxylic acids is 1. The first-order valence-corrected chi connectivity index (χ1v) is 29.3. The number of likely N-dealkylation sites (N-methyl/N-ethyl adjacent to an activating group) is 2. The molecule has 81 heavy (non-hydrogen) atoms. The van der Waals surface area contributed by atoms with Gasteiger partial charge in [0, 0.05) is 94.0 Å². The zero-order valence-electron chi connectivity index (χ0n) is 49.7. The molecule has 0 spiro atoms. The Balaban J connectivity index is 0.972. The largest absolute Gasteiger partial charge is 0.508 e. The highest BCUT2D eigenvalue weighted by atomic mass is 16.6. The molecular formula is C63H88N6O12. The number of carbonyl (C=O) groups is 5. The van der Waals surface area contributed by atoms with Crippen LogP contribution in [-0.2, 0) is 40.2 Å². The Morgan fingerprint density at radius 2 is 1.06 bits per heavy atom. The van der Waals surface area contributed by atoms with E-state index in [4.69, 9.17) is 18.9 Å². The maximum absolute atomic E-state index is 14.4. The van der Waals surface area contributed by atoms with Crippen molar-refractivity contribution in [3.63, 3.8) is 0 Å². The number of hydrogen-bond donors (Lipinski definition) is 3. The van der Waals surface area contributed by atoms with Crippen LogP contribution in [0.15, 0.2) is 58.7 Å². The highest BCUT2D eigenvalue weighted by Crippen LogP contribution is 2.49. The van der Waals surface area contributed by atoms with Crippen LogP contribution in [0.1, 0.15) is 163 Å². The minimum atomic E-state index is -1.29. The number of benzene rings is 2. The lowest BCUT2D eigenvalue weighted by Crippen LogP contribution is -2.54. The molecule has 0 radical (unpaired) electrons. The monoisotopic (exact) mass is 1120 g/mol. The van der Waals surface area contributed by atoms with Crippen LogP contribution in [0.5, 0.6) is 23.0 Å². The summed E-state index contributed by atoms with van der Waals surface area (Å²) in [5.74, 6) is -1.75. The smallest absolute Gasteiger partial charge is 0.410 e. The normalized spacial score (nSPS) is 23.4. The number of rotatable bonds is 20. The lowest BCUT2D eigenvalue weighted by molar-refractivity contribution is -0.142. The summed E-state index contributed by atoms with van der Waals surface area (Å²) < 4.78 is 26.4. The van der Waals surface area contributed by atoms with E-state index in [0.29, 0.717) is 98.7 Å². The summed E-state index contributed by atoms with van der Waals surface area (Å²) in [6, 6.07) is 1.53. The Kier molecular flexibility index (Phi) is 19.2. The number of aromatic hydroxyl groups is 2. The lowest BCUT2D eigenvalue weighted by atomic mass is 9.84. The molecule has 2 fully saturated rings. The number of fused-ring (bicyclic) bond motifs is 6. The van der Waals surface area contributed by atoms with Gasteiger partial charge < -0.3 is 63.7 Å². The molecule has 2 saturated heterocycles. The van der Waals surface area contributed by atoms with Crippen molar-refractivity contribution < 1.29 is 58.2 Å². The van der Waals surface area contributed by atoms with E-state index in [0.717, 1.165) is 38.8 Å². The number of amides is 4. The fraction of sp³-hybridized carbons (Fsp3) is 0.603. The van der Waals surface area contributed by atoms with Crippen LogP contribution in [0.2, 0.25) is 0 Å². The van der Waals surface area contributed by atoms with Gasteiger partial charge in [-0.05, 0) is 146 Å². The number of nitrogens with zero attached hydrogens (tertiary/aromatic N) is 6. The summed E-state index contributed by atoms with van der Waals surface area (Å²) in [4.78, 5) is 79.8. The molecule has 18 heteroatoms. The van der Waals surface area contributed by atoms with Gasteiger partial charge in [-0.25, -0.2) is 14.4 Å². The SMILES string of the molecule is CC(C)=CCC/C(C)=C/CC[C@@]1(C)Oc2c(c(O)cc3c2CN(CCCC(C(=O)O)N2Cc4c(cc(O)c5c4O[C@](C)(CC/C=C(\C)CCC=C(C)C)[C@@H](OC(=O)N4CCN(C)CC4)C5)C2=O)C3=O)C[C@@H]1OC(=O)N1CCN(C)CC1. The third-order valence-electron chi connectivity index (χ3n) is 17.5. The van der Waals surface area contributed by atoms with E-state index in [-0.39, 0.29) is 73.9 Å². The van der Waals surface area contributed by atoms with E-state index in [1.54, 1.807) is 14.7 Å². The van der Waals surface area contributed by atoms with Crippen molar-refractivity contribution in [1.29, 1.82) is 0 Å². The molecule has 4 amide bonds. The molecule has 442 valence electrons. The zero-order chi connectivity index (χ0) is 58.5. The Bertz CT molecular complexity index is 2840. The van der Waals surface area contributed by atoms with E-state index in [2.05, 4.69) is 75.6 Å². The van der Waals surface area contributed by atoms with Gasteiger partial charge in [-0.1, -0.05) is 46.6 Å². The van der Waals surface area contributed by atoms with Crippen LogP contribution >= 0.6 is 0 Å². The summed E-state index contributed by atoms with van der Waals surface area (Å²) in [7, 11) is 4.03. The average Bonchev–Trinajstić information content (AvgIpc) is 3.92. The van der Waals surface area contributed by atoms with Crippen molar-refractivity contribution in [3.8, 4) is 23.0 Å². The van der Waals surface area contributed by atoms with Gasteiger partial charge >= 0.3 is 18.2 Å². The van der Waals surface area contributed by atoms with Crippen LogP contribution in [0.4, 0.5) is 9.59 Å². The summed E-state index contributed by atoms with van der Waals surface area (Å²) in [5.41, 5.74) is 5.25. The second-order valence-corrected chi connectivity index (χ2v) is 24.5. The van der Waals surface area contributed by atoms with E-state index in [1.807, 2.05) is 27.9 Å². The fourth-order valence-corrected chi connectivity index (χ4v) is 12.1. The van der Waals surface area contributed by atoms with Gasteiger partial charge in [-0.2, -0.15) is 0 Å². The molecular weight excluding hydrogens is 1030 g/mol. The number of carbonyl (C=O) groups excluding carboxylic acids is 4. The van der Waals surface area contributed by atoms with E-state index < -0.39 is 53.5 Å². The molecule has 0 bridgehead atoms. The third kappa shape index (κ3) is 14.0. The maximum atomic E-state index is 14.4. The second-order valence-electron chi connectivity index (χ2n) is 24.5. The molecule has 6 aliphatic heterocycles. The van der Waals surface area contributed by atoms with Crippen LogP contribution in [-0.4, -0.2) is 177 Å². The van der Waals surface area contributed by atoms with Gasteiger partial charge in [0.1, 0.15) is 52.4 Å². The standard InChI is InChI=1S/C63H88N6O12/c1-40(2)16-11-18-42(5)20-13-23-62(7)53(78-60(76)66-30-26-64(9)27-31-66)36-46-51(70)34-44-48(55(46)80-62)38-68(57(44)72)25-15-22-50(59(74)75)69-39-49-45(58(69)73)35-52(71)47-37-54(79-61(77)67-32-28-65(10)29-33-67)63(8,81-56(47)49)24-14-21-43(6)19-12-17-41(3)4/h16-17,20-21,34-35,50,53-54,70-71H,11-15,18-19,22-33,36-39H2,1-10H3,(H,74,75)/b42-20+,43-21+/t50?,53-,54-,62+,63+/m0/s1. The summed E-state index contributed by atoms with van der Waals surface area (Å²) in [5, 5.41) is 33.9. The van der Waals surface area contributed by atoms with Gasteiger partial charge in [-0.15, -0.1) is 0 Å². The molecule has 1 unspecified atom stereocenters. The molecule has 2 aromatic rings. The first kappa shape index (κ1) is 60.6. The fourth-order valence-electron chi connectivity index (χ4n) is 12.1. The maximum Gasteiger partial charge on any atom is 0.410 e. The van der Waals surface area contributed by atoms with E-state index >= 15 is 0 Å². The number of phenols is 2. The van der Waals surface area contributed by atoms with Crippen molar-refractivity contribution >= 4 is 30.0 Å². The summed E-state index contributed by atoms with van der Waals surface area (Å²) in [6.45, 7) is 21.6. The predicted molar refractivity (Wildman–Crippen MR) is 309 cm³/mol. The molecule has 2 aromatic carbocycles.